The topological polar surface area (TPSA) is 60.2 Å². The SMILES string of the molecule is CC(C)(C)OC(=O)N1CCCC(c2nnc3n2CCCCCC3)C1. The summed E-state index contributed by atoms with van der Waals surface area (Å²) in [7, 11) is 0. The van der Waals surface area contributed by atoms with Crippen LogP contribution in [0.4, 0.5) is 4.79 Å². The molecule has 1 fully saturated rings. The second kappa shape index (κ2) is 7.11. The second-order valence-corrected chi connectivity index (χ2v) is 8.06. The van der Waals surface area contributed by atoms with Crippen molar-refractivity contribution >= 4 is 6.09 Å². The third kappa shape index (κ3) is 4.08. The van der Waals surface area contributed by atoms with Crippen molar-refractivity contribution in [2.24, 2.45) is 0 Å². The van der Waals surface area contributed by atoms with Crippen molar-refractivity contribution in [3.8, 4) is 0 Å². The molecule has 0 saturated carbocycles. The summed E-state index contributed by atoms with van der Waals surface area (Å²) in [5, 5.41) is 8.95. The Labute approximate surface area is 144 Å². The smallest absolute Gasteiger partial charge is 0.410 e. The Morgan fingerprint density at radius 1 is 1.08 bits per heavy atom. The lowest BCUT2D eigenvalue weighted by molar-refractivity contribution is 0.0194. The molecule has 1 aromatic rings. The van der Waals surface area contributed by atoms with E-state index in [0.29, 0.717) is 6.54 Å². The molecule has 0 bridgehead atoms. The van der Waals surface area contributed by atoms with Crippen molar-refractivity contribution < 1.29 is 9.53 Å². The molecule has 0 spiro atoms. The van der Waals surface area contributed by atoms with Gasteiger partial charge < -0.3 is 14.2 Å². The summed E-state index contributed by atoms with van der Waals surface area (Å²) in [6.45, 7) is 8.20. The molecule has 0 radical (unpaired) electrons. The van der Waals surface area contributed by atoms with Crippen molar-refractivity contribution in [2.75, 3.05) is 13.1 Å². The Morgan fingerprint density at radius 3 is 2.67 bits per heavy atom. The van der Waals surface area contributed by atoms with Gasteiger partial charge in [0, 0.05) is 32.0 Å². The first-order valence-electron chi connectivity index (χ1n) is 9.34. The first-order chi connectivity index (χ1) is 11.4. The van der Waals surface area contributed by atoms with E-state index in [4.69, 9.17) is 4.74 Å². The van der Waals surface area contributed by atoms with Crippen LogP contribution < -0.4 is 0 Å². The minimum absolute atomic E-state index is 0.209. The zero-order valence-electron chi connectivity index (χ0n) is 15.3. The van der Waals surface area contributed by atoms with Gasteiger partial charge in [0.2, 0.25) is 0 Å². The molecule has 3 heterocycles. The summed E-state index contributed by atoms with van der Waals surface area (Å²) in [5.74, 6) is 2.46. The highest BCUT2D eigenvalue weighted by atomic mass is 16.6. The Hall–Kier alpha value is -1.59. The zero-order chi connectivity index (χ0) is 17.2. The van der Waals surface area contributed by atoms with Crippen molar-refractivity contribution in [3.05, 3.63) is 11.6 Å². The number of nitrogens with zero attached hydrogens (tertiary/aromatic N) is 4. The van der Waals surface area contributed by atoms with Crippen molar-refractivity contribution in [2.45, 2.75) is 83.8 Å². The minimum Gasteiger partial charge on any atom is -0.444 e. The molecular weight excluding hydrogens is 304 g/mol. The second-order valence-electron chi connectivity index (χ2n) is 8.06. The average Bonchev–Trinajstić information content (AvgIpc) is 2.87. The lowest BCUT2D eigenvalue weighted by atomic mass is 9.97. The van der Waals surface area contributed by atoms with E-state index in [1.807, 2.05) is 25.7 Å². The van der Waals surface area contributed by atoms with Gasteiger partial charge in [-0.1, -0.05) is 12.8 Å². The molecule has 1 saturated heterocycles. The molecular formula is C18H30N4O2. The number of hydrogen-bond acceptors (Lipinski definition) is 4. The highest BCUT2D eigenvalue weighted by Gasteiger charge is 2.31. The third-order valence-corrected chi connectivity index (χ3v) is 4.83. The molecule has 24 heavy (non-hydrogen) atoms. The van der Waals surface area contributed by atoms with Gasteiger partial charge in [0.25, 0.3) is 0 Å². The number of fused-ring (bicyclic) bond motifs is 1. The van der Waals surface area contributed by atoms with Crippen LogP contribution >= 0.6 is 0 Å². The molecule has 1 aromatic heterocycles. The Kier molecular flexibility index (Phi) is 5.11. The fourth-order valence-corrected chi connectivity index (χ4v) is 3.67. The van der Waals surface area contributed by atoms with Crippen LogP contribution in [0.3, 0.4) is 0 Å². The van der Waals surface area contributed by atoms with Crippen molar-refractivity contribution in [3.63, 3.8) is 0 Å². The van der Waals surface area contributed by atoms with Crippen LogP contribution in [0.25, 0.3) is 0 Å². The van der Waals surface area contributed by atoms with Crippen LogP contribution in [0.5, 0.6) is 0 Å². The van der Waals surface area contributed by atoms with Gasteiger partial charge in [-0.05, 0) is 46.5 Å². The van der Waals surface area contributed by atoms with Gasteiger partial charge in [-0.25, -0.2) is 4.79 Å². The standard InChI is InChI=1S/C18H30N4O2/c1-18(2,3)24-17(23)21-11-8-9-14(13-21)16-20-19-15-10-6-4-5-7-12-22(15)16/h14H,4-13H2,1-3H3. The maximum atomic E-state index is 12.4. The lowest BCUT2D eigenvalue weighted by Crippen LogP contribution is -2.42. The summed E-state index contributed by atoms with van der Waals surface area (Å²) in [6, 6.07) is 0. The highest BCUT2D eigenvalue weighted by Crippen LogP contribution is 2.28. The molecule has 6 heteroatoms. The van der Waals surface area contributed by atoms with E-state index in [-0.39, 0.29) is 12.0 Å². The van der Waals surface area contributed by atoms with E-state index in [1.165, 1.54) is 25.7 Å². The monoisotopic (exact) mass is 334 g/mol. The third-order valence-electron chi connectivity index (χ3n) is 4.83. The van der Waals surface area contributed by atoms with Gasteiger partial charge in [-0.15, -0.1) is 10.2 Å². The number of aromatic nitrogens is 3. The number of rotatable bonds is 1. The Bertz CT molecular complexity index is 576. The van der Waals surface area contributed by atoms with Crippen molar-refractivity contribution in [1.29, 1.82) is 0 Å². The summed E-state index contributed by atoms with van der Waals surface area (Å²) in [5.41, 5.74) is -0.450. The fraction of sp³-hybridized carbons (Fsp3) is 0.833. The molecule has 134 valence electrons. The van der Waals surface area contributed by atoms with Gasteiger partial charge in [0.1, 0.15) is 17.2 Å². The predicted octanol–water partition coefficient (Wildman–Crippen LogP) is 3.51. The van der Waals surface area contributed by atoms with Crippen LogP contribution in [0.15, 0.2) is 0 Å². The number of carbonyl (C=O) groups is 1. The number of amides is 1. The molecule has 2 aliphatic heterocycles. The Morgan fingerprint density at radius 2 is 1.88 bits per heavy atom. The van der Waals surface area contributed by atoms with E-state index in [9.17, 15) is 4.79 Å². The molecule has 0 aliphatic carbocycles. The number of likely N-dealkylation sites (tertiary alicyclic amines) is 1. The number of piperidine rings is 1. The van der Waals surface area contributed by atoms with Crippen LogP contribution in [0.2, 0.25) is 0 Å². The van der Waals surface area contributed by atoms with Gasteiger partial charge in [-0.3, -0.25) is 0 Å². The minimum atomic E-state index is -0.450. The van der Waals surface area contributed by atoms with Gasteiger partial charge >= 0.3 is 6.09 Å². The van der Waals surface area contributed by atoms with Crippen LogP contribution in [-0.2, 0) is 17.7 Å². The summed E-state index contributed by atoms with van der Waals surface area (Å²) >= 11 is 0. The maximum Gasteiger partial charge on any atom is 0.410 e. The molecule has 1 unspecified atom stereocenters. The lowest BCUT2D eigenvalue weighted by Gasteiger charge is -2.34. The van der Waals surface area contributed by atoms with Crippen LogP contribution in [-0.4, -0.2) is 44.4 Å². The van der Waals surface area contributed by atoms with E-state index in [1.54, 1.807) is 0 Å². The molecule has 6 nitrogen and oxygen atoms in total. The van der Waals surface area contributed by atoms with E-state index in [0.717, 1.165) is 44.0 Å². The number of ether oxygens (including phenoxy) is 1. The summed E-state index contributed by atoms with van der Waals surface area (Å²) in [4.78, 5) is 14.2. The van der Waals surface area contributed by atoms with Gasteiger partial charge in [0.15, 0.2) is 0 Å². The molecule has 3 rings (SSSR count). The first kappa shape index (κ1) is 17.2. The summed E-state index contributed by atoms with van der Waals surface area (Å²) in [6.07, 6.45) is 7.84. The molecule has 2 aliphatic rings. The number of carbonyl (C=O) groups excluding carboxylic acids is 1. The predicted molar refractivity (Wildman–Crippen MR) is 92.0 cm³/mol. The highest BCUT2D eigenvalue weighted by molar-refractivity contribution is 5.68. The normalized spacial score (nSPS) is 22.5. The van der Waals surface area contributed by atoms with E-state index in [2.05, 4.69) is 14.8 Å². The molecule has 0 N–H and O–H groups in total. The van der Waals surface area contributed by atoms with Crippen LogP contribution in [0.1, 0.15) is 76.9 Å². The zero-order valence-corrected chi connectivity index (χ0v) is 15.3. The maximum absolute atomic E-state index is 12.4. The average molecular weight is 334 g/mol. The van der Waals surface area contributed by atoms with E-state index < -0.39 is 5.60 Å². The first-order valence-corrected chi connectivity index (χ1v) is 9.34. The largest absolute Gasteiger partial charge is 0.444 e. The Balaban J connectivity index is 1.72. The number of aryl methyl sites for hydroxylation is 1. The molecule has 1 amide bonds. The molecule has 1 atom stereocenters. The van der Waals surface area contributed by atoms with Gasteiger partial charge in [-0.2, -0.15) is 0 Å². The van der Waals surface area contributed by atoms with Gasteiger partial charge in [0.05, 0.1) is 0 Å². The van der Waals surface area contributed by atoms with E-state index >= 15 is 0 Å². The summed E-state index contributed by atoms with van der Waals surface area (Å²) < 4.78 is 7.86. The fourth-order valence-electron chi connectivity index (χ4n) is 3.67. The quantitative estimate of drug-likeness (QED) is 0.788. The van der Waals surface area contributed by atoms with Crippen molar-refractivity contribution in [1.82, 2.24) is 19.7 Å². The number of hydrogen-bond donors (Lipinski definition) is 0. The molecule has 0 aromatic carbocycles. The van der Waals surface area contributed by atoms with Crippen LogP contribution in [0, 0.1) is 0 Å².